The number of nitrogens with zero attached hydrogens (tertiary/aromatic N) is 3. The van der Waals surface area contributed by atoms with Gasteiger partial charge in [-0.15, -0.1) is 0 Å². The minimum Gasteiger partial charge on any atom is -0.388 e. The summed E-state index contributed by atoms with van der Waals surface area (Å²) in [5.41, 5.74) is -0.493. The molecule has 1 aromatic heterocycles. The predicted octanol–water partition coefficient (Wildman–Crippen LogP) is 4.42. The van der Waals surface area contributed by atoms with Gasteiger partial charge in [-0.3, -0.25) is 10.1 Å². The number of nitro benzene ring substituents is 1. The first-order valence-electron chi connectivity index (χ1n) is 10.5. The molecule has 4 N–H and O–H groups in total. The summed E-state index contributed by atoms with van der Waals surface area (Å²) >= 11 is 3.40. The first-order chi connectivity index (χ1) is 16.8. The van der Waals surface area contributed by atoms with E-state index >= 15 is 0 Å². The van der Waals surface area contributed by atoms with E-state index in [0.717, 1.165) is 12.1 Å². The molecule has 0 aliphatic rings. The van der Waals surface area contributed by atoms with Gasteiger partial charge in [-0.2, -0.15) is 9.11 Å². The summed E-state index contributed by atoms with van der Waals surface area (Å²) in [5, 5.41) is 27.2. The fourth-order valence-electron chi connectivity index (χ4n) is 2.72. The maximum absolute atomic E-state index is 12.6. The lowest BCUT2D eigenvalue weighted by atomic mass is 10.0. The lowest BCUT2D eigenvalue weighted by Gasteiger charge is -2.27. The predicted molar refractivity (Wildman–Crippen MR) is 145 cm³/mol. The van der Waals surface area contributed by atoms with Crippen LogP contribution in [0.1, 0.15) is 20.8 Å². The van der Waals surface area contributed by atoms with E-state index in [1.54, 1.807) is 44.3 Å². The summed E-state index contributed by atoms with van der Waals surface area (Å²) in [7, 11) is -5.04. The van der Waals surface area contributed by atoms with Gasteiger partial charge in [-0.1, -0.05) is 16.5 Å². The minimum absolute atomic E-state index is 0.0942. The van der Waals surface area contributed by atoms with E-state index in [-0.39, 0.29) is 16.6 Å². The summed E-state index contributed by atoms with van der Waals surface area (Å²) in [6.07, 6.45) is 1.59. The number of benzene rings is 2. The third kappa shape index (κ3) is 7.07. The fraction of sp³-hybridized carbons (Fsp3) is 0.227. The van der Waals surface area contributed by atoms with E-state index in [0.29, 0.717) is 26.8 Å². The van der Waals surface area contributed by atoms with Crippen LogP contribution in [0.25, 0.3) is 0 Å². The van der Waals surface area contributed by atoms with Gasteiger partial charge in [0, 0.05) is 28.9 Å². The zero-order valence-corrected chi connectivity index (χ0v) is 22.8. The second-order valence-electron chi connectivity index (χ2n) is 8.29. The molecule has 3 rings (SSSR count). The Morgan fingerprint density at radius 2 is 1.78 bits per heavy atom. The topological polar surface area (TPSA) is 159 Å². The molecule has 36 heavy (non-hydrogen) atoms. The Balaban J connectivity index is 1.69. The Bertz CT molecular complexity index is 1380. The quantitative estimate of drug-likeness (QED) is 0.151. The van der Waals surface area contributed by atoms with Gasteiger partial charge < -0.3 is 15.7 Å². The van der Waals surface area contributed by atoms with Crippen molar-refractivity contribution < 1.29 is 18.4 Å². The van der Waals surface area contributed by atoms with Crippen molar-refractivity contribution in [1.82, 2.24) is 14.1 Å². The Morgan fingerprint density at radius 1 is 1.17 bits per heavy atom. The third-order valence-corrected chi connectivity index (χ3v) is 9.12. The van der Waals surface area contributed by atoms with Crippen LogP contribution in [0.3, 0.4) is 0 Å². The lowest BCUT2D eigenvalue weighted by Crippen LogP contribution is -2.39. The van der Waals surface area contributed by atoms with E-state index in [1.807, 2.05) is 6.92 Å². The second kappa shape index (κ2) is 11.0. The molecule has 14 heteroatoms. The van der Waals surface area contributed by atoms with Gasteiger partial charge in [-0.05, 0) is 73.1 Å². The maximum Gasteiger partial charge on any atom is 0.269 e. The number of sulfonamides is 1. The number of rotatable bonds is 10. The standard InChI is InChI=1S/C22H25BrN6O5S2/c1-14(22(2,3)30)25-20-19(23)13-24-21(27-20)26-15-5-9-17(10-6-15)35(4)28-36(33,34)18-11-7-16(8-12-18)29(31)32/h5-14,28,30H,4H2,1-3H3,(H2,24,25,26,27)/t14-,35?/m1/s1. The molecule has 1 heterocycles. The van der Waals surface area contributed by atoms with Crippen LogP contribution in [0.2, 0.25) is 0 Å². The number of non-ortho nitro benzene ring substituents is 1. The van der Waals surface area contributed by atoms with Gasteiger partial charge >= 0.3 is 0 Å². The van der Waals surface area contributed by atoms with E-state index < -0.39 is 31.2 Å². The Hall–Kier alpha value is -2.91. The van der Waals surface area contributed by atoms with Crippen molar-refractivity contribution in [2.75, 3.05) is 10.6 Å². The molecule has 2 atom stereocenters. The molecule has 11 nitrogen and oxygen atoms in total. The molecule has 0 saturated carbocycles. The molecule has 0 bridgehead atoms. The number of nitrogens with one attached hydrogen (secondary N) is 3. The largest absolute Gasteiger partial charge is 0.388 e. The molecule has 0 saturated heterocycles. The van der Waals surface area contributed by atoms with E-state index in [4.69, 9.17) is 0 Å². The highest BCUT2D eigenvalue weighted by molar-refractivity contribution is 9.10. The van der Waals surface area contributed by atoms with Crippen molar-refractivity contribution in [3.63, 3.8) is 0 Å². The van der Waals surface area contributed by atoms with Gasteiger partial charge in [0.2, 0.25) is 16.0 Å². The number of aliphatic hydroxyl groups is 1. The third-order valence-electron chi connectivity index (χ3n) is 5.12. The van der Waals surface area contributed by atoms with Crippen molar-refractivity contribution in [2.24, 2.45) is 0 Å². The summed E-state index contributed by atoms with van der Waals surface area (Å²) in [4.78, 5) is 19.4. The zero-order valence-electron chi connectivity index (χ0n) is 19.6. The summed E-state index contributed by atoms with van der Waals surface area (Å²) < 4.78 is 28.4. The number of hydrogen-bond donors (Lipinski definition) is 4. The summed E-state index contributed by atoms with van der Waals surface area (Å²) in [6, 6.07) is 11.2. The molecular weight excluding hydrogens is 572 g/mol. The minimum atomic E-state index is -3.93. The van der Waals surface area contributed by atoms with E-state index in [9.17, 15) is 23.6 Å². The summed E-state index contributed by atoms with van der Waals surface area (Å²) in [6.45, 7) is 5.23. The number of nitro groups is 1. The highest BCUT2D eigenvalue weighted by atomic mass is 79.9. The normalized spacial score (nSPS) is 13.6. The second-order valence-corrected chi connectivity index (χ2v) is 12.5. The molecule has 0 fully saturated rings. The molecule has 0 radical (unpaired) electrons. The first kappa shape index (κ1) is 27.7. The first-order valence-corrected chi connectivity index (χ1v) is 14.1. The number of hydrogen-bond acceptors (Lipinski definition) is 9. The van der Waals surface area contributed by atoms with Crippen LogP contribution in [0.15, 0.2) is 69.0 Å². The highest BCUT2D eigenvalue weighted by Gasteiger charge is 2.23. The average Bonchev–Trinajstić information content (AvgIpc) is 2.80. The number of aromatic nitrogens is 2. The average molecular weight is 598 g/mol. The van der Waals surface area contributed by atoms with Gasteiger partial charge in [0.1, 0.15) is 5.82 Å². The maximum atomic E-state index is 12.6. The summed E-state index contributed by atoms with van der Waals surface area (Å²) in [5.74, 6) is 4.73. The van der Waals surface area contributed by atoms with Crippen molar-refractivity contribution in [2.45, 2.75) is 42.2 Å². The molecule has 0 aliphatic heterocycles. The van der Waals surface area contributed by atoms with Gasteiger partial charge in [0.05, 0.1) is 25.9 Å². The highest BCUT2D eigenvalue weighted by Crippen LogP contribution is 2.28. The van der Waals surface area contributed by atoms with Crippen molar-refractivity contribution >= 4 is 65.6 Å². The lowest BCUT2D eigenvalue weighted by molar-refractivity contribution is -0.384. The Morgan fingerprint density at radius 3 is 2.33 bits per heavy atom. The monoisotopic (exact) mass is 596 g/mol. The van der Waals surface area contributed by atoms with Gasteiger partial charge in [0.25, 0.3) is 5.69 Å². The molecule has 3 aromatic rings. The van der Waals surface area contributed by atoms with E-state index in [2.05, 4.69) is 46.5 Å². The SMILES string of the molecule is C=S(NS(=O)(=O)c1ccc([N+](=O)[O-])cc1)c1ccc(Nc2ncc(Br)c(N[C@H](C)C(C)(C)O)n2)cc1. The molecule has 2 aromatic carbocycles. The molecule has 192 valence electrons. The van der Waals surface area contributed by atoms with Crippen molar-refractivity contribution in [3.05, 3.63) is 69.3 Å². The Labute approximate surface area is 219 Å². The molecule has 1 unspecified atom stereocenters. The molecule has 0 spiro atoms. The van der Waals surface area contributed by atoms with Crippen LogP contribution in [-0.4, -0.2) is 45.9 Å². The van der Waals surface area contributed by atoms with Gasteiger partial charge in [0.15, 0.2) is 0 Å². The van der Waals surface area contributed by atoms with Crippen LogP contribution in [0.5, 0.6) is 0 Å². The van der Waals surface area contributed by atoms with Crippen molar-refractivity contribution in [1.29, 1.82) is 0 Å². The zero-order chi connectivity index (χ0) is 26.7. The van der Waals surface area contributed by atoms with Crippen molar-refractivity contribution in [3.8, 4) is 0 Å². The Kier molecular flexibility index (Phi) is 8.46. The van der Waals surface area contributed by atoms with Crippen LogP contribution in [0, 0.1) is 10.1 Å². The van der Waals surface area contributed by atoms with Gasteiger partial charge in [-0.25, -0.2) is 13.4 Å². The van der Waals surface area contributed by atoms with Crippen LogP contribution in [-0.2, 0) is 10.0 Å². The smallest absolute Gasteiger partial charge is 0.269 e. The number of anilines is 3. The molecular formula is C22H25BrN6O5S2. The van der Waals surface area contributed by atoms with Crippen LogP contribution in [0.4, 0.5) is 23.1 Å². The van der Waals surface area contributed by atoms with Crippen LogP contribution >= 0.6 is 26.6 Å². The van der Waals surface area contributed by atoms with E-state index in [1.165, 1.54) is 12.1 Å². The molecule has 0 amide bonds. The van der Waals surface area contributed by atoms with Crippen LogP contribution < -0.4 is 14.8 Å². The molecule has 0 aliphatic carbocycles. The fourth-order valence-corrected chi connectivity index (χ4v) is 5.81. The number of halogens is 1.